The monoisotopic (exact) mass is 428 g/mol. The molecule has 0 saturated heterocycles. The topological polar surface area (TPSA) is 62.2 Å². The molecule has 5 heteroatoms. The van der Waals surface area contributed by atoms with E-state index in [0.29, 0.717) is 23.4 Å². The Balaban J connectivity index is 1.23. The summed E-state index contributed by atoms with van der Waals surface area (Å²) in [6, 6.07) is 13.8. The Labute approximate surface area is 186 Å². The zero-order valence-electron chi connectivity index (χ0n) is 17.7. The average molecular weight is 429 g/mol. The molecular formula is C27H25FN2O2. The normalized spacial score (nSPS) is 25.3. The number of hydrogen-bond acceptors (Lipinski definition) is 3. The third-order valence-corrected chi connectivity index (χ3v) is 7.26. The van der Waals surface area contributed by atoms with Crippen molar-refractivity contribution >= 4 is 22.5 Å². The maximum atomic E-state index is 13.8. The van der Waals surface area contributed by atoms with Crippen LogP contribution in [-0.4, -0.2) is 22.1 Å². The molecule has 3 unspecified atom stereocenters. The third kappa shape index (κ3) is 3.87. The number of halogens is 1. The Morgan fingerprint density at radius 1 is 1.09 bits per heavy atom. The number of carbonyl (C=O) groups is 1. The number of rotatable bonds is 4. The van der Waals surface area contributed by atoms with Crippen LogP contribution >= 0.6 is 0 Å². The lowest BCUT2D eigenvalue weighted by Gasteiger charge is -2.20. The summed E-state index contributed by atoms with van der Waals surface area (Å²) in [5.74, 6) is 3.20. The molecule has 0 aliphatic heterocycles. The molecule has 0 radical (unpaired) electrons. The van der Waals surface area contributed by atoms with E-state index in [0.717, 1.165) is 47.7 Å². The highest BCUT2D eigenvalue weighted by molar-refractivity contribution is 5.94. The van der Waals surface area contributed by atoms with Crippen molar-refractivity contribution in [2.45, 2.75) is 37.7 Å². The lowest BCUT2D eigenvalue weighted by Crippen LogP contribution is -2.33. The van der Waals surface area contributed by atoms with Crippen LogP contribution in [0.2, 0.25) is 0 Å². The van der Waals surface area contributed by atoms with Gasteiger partial charge in [0.2, 0.25) is 0 Å². The van der Waals surface area contributed by atoms with Crippen molar-refractivity contribution in [3.05, 3.63) is 71.7 Å². The van der Waals surface area contributed by atoms with Crippen LogP contribution in [0.25, 0.3) is 10.9 Å². The third-order valence-electron chi connectivity index (χ3n) is 7.26. The highest BCUT2D eigenvalue weighted by Crippen LogP contribution is 2.53. The van der Waals surface area contributed by atoms with E-state index in [1.54, 1.807) is 42.6 Å². The van der Waals surface area contributed by atoms with Gasteiger partial charge in [0.1, 0.15) is 11.9 Å². The van der Waals surface area contributed by atoms with Crippen LogP contribution in [0.1, 0.15) is 42.7 Å². The van der Waals surface area contributed by atoms with Crippen molar-refractivity contribution in [3.8, 4) is 12.3 Å². The van der Waals surface area contributed by atoms with Crippen LogP contribution in [0.3, 0.4) is 0 Å². The van der Waals surface area contributed by atoms with Gasteiger partial charge in [0.05, 0.1) is 5.52 Å². The molecule has 1 heterocycles. The first-order valence-electron chi connectivity index (χ1n) is 11.1. The van der Waals surface area contributed by atoms with Gasteiger partial charge in [-0.2, -0.15) is 0 Å². The predicted octanol–water partition coefficient (Wildman–Crippen LogP) is 4.87. The van der Waals surface area contributed by atoms with Gasteiger partial charge in [0, 0.05) is 22.8 Å². The molecule has 1 aromatic heterocycles. The average Bonchev–Trinajstić information content (AvgIpc) is 3.38. The number of anilines is 1. The number of carbonyl (C=O) groups excluding carboxylic acids is 1. The van der Waals surface area contributed by atoms with Crippen LogP contribution in [0, 0.1) is 35.9 Å². The Morgan fingerprint density at radius 2 is 1.81 bits per heavy atom. The van der Waals surface area contributed by atoms with Gasteiger partial charge < -0.3 is 10.4 Å². The van der Waals surface area contributed by atoms with Crippen molar-refractivity contribution in [1.29, 1.82) is 0 Å². The number of fused-ring (bicyclic) bond motifs is 2. The van der Waals surface area contributed by atoms with Gasteiger partial charge in [-0.05, 0) is 103 Å². The molecule has 1 amide bonds. The molecule has 2 aliphatic carbocycles. The summed E-state index contributed by atoms with van der Waals surface area (Å²) in [7, 11) is 0. The smallest absolute Gasteiger partial charge is 0.253 e. The lowest BCUT2D eigenvalue weighted by atomic mass is 9.89. The zero-order chi connectivity index (χ0) is 22.2. The van der Waals surface area contributed by atoms with Crippen molar-refractivity contribution in [1.82, 2.24) is 4.98 Å². The molecule has 5 atom stereocenters. The molecule has 5 rings (SSSR count). The number of nitrogens with zero attached hydrogens (tertiary/aromatic N) is 1. The summed E-state index contributed by atoms with van der Waals surface area (Å²) in [5.41, 5.74) is 3.35. The van der Waals surface area contributed by atoms with Crippen molar-refractivity contribution in [3.63, 3.8) is 0 Å². The molecule has 2 aromatic carbocycles. The number of benzene rings is 2. The van der Waals surface area contributed by atoms with Crippen molar-refractivity contribution in [2.75, 3.05) is 5.32 Å². The van der Waals surface area contributed by atoms with Gasteiger partial charge in [-0.1, -0.05) is 5.92 Å². The van der Waals surface area contributed by atoms with E-state index in [4.69, 9.17) is 6.42 Å². The van der Waals surface area contributed by atoms with Gasteiger partial charge in [-0.25, -0.2) is 4.39 Å². The Morgan fingerprint density at radius 3 is 2.50 bits per heavy atom. The Bertz CT molecular complexity index is 1190. The van der Waals surface area contributed by atoms with Crippen molar-refractivity contribution < 1.29 is 14.3 Å². The van der Waals surface area contributed by atoms with Gasteiger partial charge in [0.15, 0.2) is 0 Å². The Hall–Kier alpha value is -3.23. The minimum Gasteiger partial charge on any atom is -0.383 e. The standard InChI is InChI=1S/C27H25FN2O2/c1-2-16-3-6-22(7-4-16)30-27(32)26(31)20-13-17-11-19(12-18(17)14-20)23-9-10-29-25-8-5-21(28)15-24(23)25/h1,3-10,15,17-20,26,31H,11-14H2,(H,30,32)/t17-,18+,19?,20?,26?. The maximum Gasteiger partial charge on any atom is 0.253 e. The SMILES string of the molecule is C#Cc1ccc(NC(=O)C(O)C2C[C@H]3CC(c4ccnc5ccc(F)cc45)C[C@H]3C2)cc1. The second-order valence-corrected chi connectivity index (χ2v) is 9.14. The van der Waals surface area contributed by atoms with Crippen LogP contribution in [0.4, 0.5) is 10.1 Å². The first-order chi connectivity index (χ1) is 15.5. The molecule has 2 saturated carbocycles. The summed E-state index contributed by atoms with van der Waals surface area (Å²) < 4.78 is 13.8. The molecule has 2 aliphatic rings. The number of nitrogens with one attached hydrogen (secondary N) is 1. The lowest BCUT2D eigenvalue weighted by molar-refractivity contribution is -0.126. The fourth-order valence-corrected chi connectivity index (χ4v) is 5.75. The van der Waals surface area contributed by atoms with Gasteiger partial charge in [0.25, 0.3) is 5.91 Å². The van der Waals surface area contributed by atoms with E-state index in [9.17, 15) is 14.3 Å². The first kappa shape index (κ1) is 20.7. The number of amides is 1. The Kier molecular flexibility index (Phi) is 5.40. The largest absolute Gasteiger partial charge is 0.383 e. The molecule has 32 heavy (non-hydrogen) atoms. The summed E-state index contributed by atoms with van der Waals surface area (Å²) >= 11 is 0. The number of pyridine rings is 1. The second-order valence-electron chi connectivity index (χ2n) is 9.14. The fourth-order valence-electron chi connectivity index (χ4n) is 5.75. The highest BCUT2D eigenvalue weighted by atomic mass is 19.1. The predicted molar refractivity (Wildman–Crippen MR) is 122 cm³/mol. The zero-order valence-corrected chi connectivity index (χ0v) is 17.7. The van der Waals surface area contributed by atoms with E-state index >= 15 is 0 Å². The molecular weight excluding hydrogens is 403 g/mol. The summed E-state index contributed by atoms with van der Waals surface area (Å²) in [6.07, 6.45) is 9.81. The van der Waals surface area contributed by atoms with Crippen molar-refractivity contribution in [2.24, 2.45) is 17.8 Å². The van der Waals surface area contributed by atoms with E-state index < -0.39 is 6.10 Å². The maximum absolute atomic E-state index is 13.8. The second kappa shape index (κ2) is 8.37. The van der Waals surface area contributed by atoms with E-state index in [1.165, 1.54) is 6.07 Å². The minimum absolute atomic E-state index is 0.0393. The van der Waals surface area contributed by atoms with Crippen LogP contribution < -0.4 is 5.32 Å². The minimum atomic E-state index is -1.03. The number of hydrogen-bond donors (Lipinski definition) is 2. The molecule has 162 valence electrons. The van der Waals surface area contributed by atoms with Gasteiger partial charge >= 0.3 is 0 Å². The van der Waals surface area contributed by atoms with Gasteiger partial charge in [-0.15, -0.1) is 6.42 Å². The number of aliphatic hydroxyl groups excluding tert-OH is 1. The van der Waals surface area contributed by atoms with E-state index in [-0.39, 0.29) is 17.6 Å². The summed E-state index contributed by atoms with van der Waals surface area (Å²) in [4.78, 5) is 17.0. The summed E-state index contributed by atoms with van der Waals surface area (Å²) in [5, 5.41) is 14.4. The van der Waals surface area contributed by atoms with Gasteiger partial charge in [-0.3, -0.25) is 9.78 Å². The van der Waals surface area contributed by atoms with Crippen LogP contribution in [0.5, 0.6) is 0 Å². The molecule has 2 N–H and O–H groups in total. The molecule has 2 fully saturated rings. The quantitative estimate of drug-likeness (QED) is 0.583. The molecule has 0 spiro atoms. The molecule has 3 aromatic rings. The van der Waals surface area contributed by atoms with Crippen LogP contribution in [-0.2, 0) is 4.79 Å². The number of aromatic nitrogens is 1. The highest BCUT2D eigenvalue weighted by Gasteiger charge is 2.45. The molecule has 4 nitrogen and oxygen atoms in total. The number of aliphatic hydroxyl groups is 1. The van der Waals surface area contributed by atoms with E-state index in [2.05, 4.69) is 16.2 Å². The summed E-state index contributed by atoms with van der Waals surface area (Å²) in [6.45, 7) is 0. The molecule has 0 bridgehead atoms. The fraction of sp³-hybridized carbons (Fsp3) is 0.333. The first-order valence-corrected chi connectivity index (χ1v) is 11.1. The number of terminal acetylenes is 1. The van der Waals surface area contributed by atoms with Crippen LogP contribution in [0.15, 0.2) is 54.7 Å². The van der Waals surface area contributed by atoms with E-state index in [1.807, 2.05) is 6.07 Å².